The van der Waals surface area contributed by atoms with Gasteiger partial charge in [-0.15, -0.1) is 21.5 Å². The number of amides is 1. The van der Waals surface area contributed by atoms with Crippen LogP contribution in [-0.4, -0.2) is 43.6 Å². The summed E-state index contributed by atoms with van der Waals surface area (Å²) in [5.41, 5.74) is 2.41. The molecule has 166 valence electrons. The molecule has 0 fully saturated rings. The number of nitrogens with one attached hydrogen (secondary N) is 1. The molecule has 0 radical (unpaired) electrons. The molecule has 0 unspecified atom stereocenters. The van der Waals surface area contributed by atoms with Gasteiger partial charge in [-0.1, -0.05) is 11.8 Å². The lowest BCUT2D eigenvalue weighted by Gasteiger charge is -2.09. The smallest absolute Gasteiger partial charge is 0.341 e. The van der Waals surface area contributed by atoms with Gasteiger partial charge in [0, 0.05) is 36.8 Å². The Hall–Kier alpha value is -2.59. The minimum absolute atomic E-state index is 0.167. The van der Waals surface area contributed by atoms with E-state index >= 15 is 0 Å². The highest BCUT2D eigenvalue weighted by Gasteiger charge is 2.22. The number of carbonyl (C=O) groups is 2. The second-order valence-corrected chi connectivity index (χ2v) is 9.14. The van der Waals surface area contributed by atoms with E-state index in [9.17, 15) is 9.59 Å². The van der Waals surface area contributed by atoms with Crippen LogP contribution in [0, 0.1) is 13.8 Å². The standard InChI is InChI=1S/C21H27N5O3S2/c1-6-26-16(11-15-9-8-10-25(15)5)23-24-21(26)30-12-17(27)22-19-18(20(28)29-7-2)13(3)14(4)31-19/h8-10H,6-7,11-12H2,1-5H3,(H,22,27). The van der Waals surface area contributed by atoms with Gasteiger partial charge in [0.25, 0.3) is 0 Å². The minimum Gasteiger partial charge on any atom is -0.462 e. The lowest BCUT2D eigenvalue weighted by atomic mass is 10.1. The molecule has 0 aliphatic rings. The molecule has 0 aliphatic heterocycles. The number of thioether (sulfide) groups is 1. The normalized spacial score (nSPS) is 11.0. The maximum atomic E-state index is 12.6. The van der Waals surface area contributed by atoms with E-state index in [1.54, 1.807) is 6.92 Å². The molecule has 31 heavy (non-hydrogen) atoms. The van der Waals surface area contributed by atoms with Gasteiger partial charge in [0.1, 0.15) is 10.8 Å². The quantitative estimate of drug-likeness (QED) is 0.385. The highest BCUT2D eigenvalue weighted by Crippen LogP contribution is 2.33. The average Bonchev–Trinajstić information content (AvgIpc) is 3.39. The number of hydrogen-bond donors (Lipinski definition) is 1. The van der Waals surface area contributed by atoms with Gasteiger partial charge in [-0.3, -0.25) is 4.79 Å². The Morgan fingerprint density at radius 3 is 2.68 bits per heavy atom. The van der Waals surface area contributed by atoms with Crippen LogP contribution in [0.2, 0.25) is 0 Å². The monoisotopic (exact) mass is 461 g/mol. The van der Waals surface area contributed by atoms with Gasteiger partial charge < -0.3 is 19.2 Å². The van der Waals surface area contributed by atoms with Crippen molar-refractivity contribution in [2.45, 2.75) is 45.8 Å². The molecule has 3 heterocycles. The Morgan fingerprint density at radius 2 is 2.03 bits per heavy atom. The SMILES string of the molecule is CCOC(=O)c1c(NC(=O)CSc2nnc(Cc3cccn3C)n2CC)sc(C)c1C. The van der Waals surface area contributed by atoms with Gasteiger partial charge in [0.05, 0.1) is 17.9 Å². The fourth-order valence-corrected chi connectivity index (χ4v) is 5.06. The molecule has 0 saturated carbocycles. The van der Waals surface area contributed by atoms with Crippen molar-refractivity contribution < 1.29 is 14.3 Å². The van der Waals surface area contributed by atoms with Crippen LogP contribution in [0.25, 0.3) is 0 Å². The maximum absolute atomic E-state index is 12.6. The van der Waals surface area contributed by atoms with Crippen molar-refractivity contribution in [3.63, 3.8) is 0 Å². The lowest BCUT2D eigenvalue weighted by Crippen LogP contribution is -2.17. The van der Waals surface area contributed by atoms with E-state index < -0.39 is 5.97 Å². The summed E-state index contributed by atoms with van der Waals surface area (Å²) in [7, 11) is 2.00. The van der Waals surface area contributed by atoms with Crippen molar-refractivity contribution in [2.24, 2.45) is 7.05 Å². The summed E-state index contributed by atoms with van der Waals surface area (Å²) in [6.45, 7) is 8.58. The molecule has 10 heteroatoms. The number of aromatic nitrogens is 4. The van der Waals surface area contributed by atoms with Crippen molar-refractivity contribution >= 4 is 40.0 Å². The molecule has 3 rings (SSSR count). The molecular formula is C21H27N5O3S2. The van der Waals surface area contributed by atoms with E-state index in [2.05, 4.69) is 26.1 Å². The molecule has 3 aromatic rings. The fraction of sp³-hybridized carbons (Fsp3) is 0.429. The zero-order valence-corrected chi connectivity index (χ0v) is 20.0. The molecule has 1 N–H and O–H groups in total. The topological polar surface area (TPSA) is 91.0 Å². The second kappa shape index (κ2) is 10.1. The van der Waals surface area contributed by atoms with Gasteiger partial charge in [0.15, 0.2) is 5.16 Å². The second-order valence-electron chi connectivity index (χ2n) is 6.97. The molecule has 1 amide bonds. The van der Waals surface area contributed by atoms with E-state index in [1.165, 1.54) is 23.1 Å². The van der Waals surface area contributed by atoms with E-state index in [-0.39, 0.29) is 18.3 Å². The zero-order valence-electron chi connectivity index (χ0n) is 18.4. The van der Waals surface area contributed by atoms with Gasteiger partial charge in [-0.25, -0.2) is 4.79 Å². The predicted octanol–water partition coefficient (Wildman–Crippen LogP) is 3.81. The number of anilines is 1. The summed E-state index contributed by atoms with van der Waals surface area (Å²) in [4.78, 5) is 25.9. The van der Waals surface area contributed by atoms with Gasteiger partial charge in [0.2, 0.25) is 5.91 Å². The highest BCUT2D eigenvalue weighted by molar-refractivity contribution is 7.99. The number of nitrogens with zero attached hydrogens (tertiary/aromatic N) is 4. The van der Waals surface area contributed by atoms with Crippen LogP contribution in [-0.2, 0) is 29.5 Å². The van der Waals surface area contributed by atoms with E-state index in [0.29, 0.717) is 28.7 Å². The van der Waals surface area contributed by atoms with E-state index in [4.69, 9.17) is 4.74 Å². The van der Waals surface area contributed by atoms with Crippen molar-refractivity contribution in [1.82, 2.24) is 19.3 Å². The minimum atomic E-state index is -0.414. The van der Waals surface area contributed by atoms with E-state index in [0.717, 1.165) is 22.0 Å². The maximum Gasteiger partial charge on any atom is 0.341 e. The number of thiophene rings is 1. The molecule has 0 bridgehead atoms. The molecule has 8 nitrogen and oxygen atoms in total. The van der Waals surface area contributed by atoms with Crippen molar-refractivity contribution in [3.05, 3.63) is 45.9 Å². The summed E-state index contributed by atoms with van der Waals surface area (Å²) in [5, 5.41) is 12.7. The van der Waals surface area contributed by atoms with Crippen LogP contribution in [0.5, 0.6) is 0 Å². The molecule has 3 aromatic heterocycles. The van der Waals surface area contributed by atoms with Crippen LogP contribution in [0.15, 0.2) is 23.5 Å². The van der Waals surface area contributed by atoms with Crippen LogP contribution in [0.4, 0.5) is 5.00 Å². The fourth-order valence-electron chi connectivity index (χ4n) is 3.17. The highest BCUT2D eigenvalue weighted by atomic mass is 32.2. The number of esters is 1. The Morgan fingerprint density at radius 1 is 1.26 bits per heavy atom. The number of ether oxygens (including phenoxy) is 1. The first-order valence-corrected chi connectivity index (χ1v) is 11.9. The molecule has 0 aromatic carbocycles. The summed E-state index contributed by atoms with van der Waals surface area (Å²) < 4.78 is 9.22. The summed E-state index contributed by atoms with van der Waals surface area (Å²) in [5.74, 6) is 0.414. The van der Waals surface area contributed by atoms with Crippen LogP contribution in [0.3, 0.4) is 0 Å². The largest absolute Gasteiger partial charge is 0.462 e. The van der Waals surface area contributed by atoms with E-state index in [1.807, 2.05) is 44.6 Å². The summed E-state index contributed by atoms with van der Waals surface area (Å²) in [6, 6.07) is 4.06. The Balaban J connectivity index is 1.67. The third-order valence-electron chi connectivity index (χ3n) is 4.95. The predicted molar refractivity (Wildman–Crippen MR) is 123 cm³/mol. The van der Waals surface area contributed by atoms with Crippen molar-refractivity contribution in [1.29, 1.82) is 0 Å². The van der Waals surface area contributed by atoms with Gasteiger partial charge >= 0.3 is 5.97 Å². The summed E-state index contributed by atoms with van der Waals surface area (Å²) >= 11 is 2.71. The average molecular weight is 462 g/mol. The molecule has 0 saturated heterocycles. The number of carbonyl (C=O) groups excluding carboxylic acids is 2. The third-order valence-corrected chi connectivity index (χ3v) is 7.04. The number of aryl methyl sites for hydroxylation is 2. The first-order chi connectivity index (χ1) is 14.8. The molecular weight excluding hydrogens is 434 g/mol. The van der Waals surface area contributed by atoms with Crippen molar-refractivity contribution in [2.75, 3.05) is 17.7 Å². The zero-order chi connectivity index (χ0) is 22.5. The van der Waals surface area contributed by atoms with Crippen LogP contribution >= 0.6 is 23.1 Å². The molecule has 0 spiro atoms. The van der Waals surface area contributed by atoms with Gasteiger partial charge in [-0.05, 0) is 45.4 Å². The van der Waals surface area contributed by atoms with Crippen LogP contribution in [0.1, 0.15) is 46.2 Å². The lowest BCUT2D eigenvalue weighted by molar-refractivity contribution is -0.113. The summed E-state index contributed by atoms with van der Waals surface area (Å²) in [6.07, 6.45) is 2.67. The Labute approximate surface area is 190 Å². The number of rotatable bonds is 9. The third kappa shape index (κ3) is 5.19. The molecule has 0 aliphatic carbocycles. The molecule has 0 atom stereocenters. The first kappa shape index (κ1) is 23.1. The van der Waals surface area contributed by atoms with Gasteiger partial charge in [-0.2, -0.15) is 0 Å². The number of hydrogen-bond acceptors (Lipinski definition) is 7. The van der Waals surface area contributed by atoms with Crippen molar-refractivity contribution in [3.8, 4) is 0 Å². The Bertz CT molecular complexity index is 1080. The first-order valence-electron chi connectivity index (χ1n) is 10.1. The van der Waals surface area contributed by atoms with Crippen LogP contribution < -0.4 is 5.32 Å². The Kier molecular flexibility index (Phi) is 7.55.